The van der Waals surface area contributed by atoms with Crippen molar-refractivity contribution in [3.05, 3.63) is 126 Å². The van der Waals surface area contributed by atoms with Gasteiger partial charge in [0.05, 0.1) is 5.41 Å². The molecule has 0 aromatic heterocycles. The molecule has 0 aliphatic heterocycles. The summed E-state index contributed by atoms with van der Waals surface area (Å²) in [5, 5.41) is 0. The van der Waals surface area contributed by atoms with Gasteiger partial charge >= 0.3 is 0 Å². The van der Waals surface area contributed by atoms with E-state index >= 15 is 0 Å². The van der Waals surface area contributed by atoms with Gasteiger partial charge in [-0.15, -0.1) is 0 Å². The van der Waals surface area contributed by atoms with Crippen LogP contribution in [0.5, 0.6) is 0 Å². The molecule has 0 saturated carbocycles. The van der Waals surface area contributed by atoms with Gasteiger partial charge in [0.25, 0.3) is 0 Å². The van der Waals surface area contributed by atoms with E-state index in [1.54, 1.807) is 0 Å². The lowest BCUT2D eigenvalue weighted by Gasteiger charge is -2.40. The number of fused-ring (bicyclic) bond motifs is 1. The van der Waals surface area contributed by atoms with Crippen LogP contribution in [0, 0.1) is 5.92 Å². The van der Waals surface area contributed by atoms with Gasteiger partial charge in [-0.1, -0.05) is 104 Å². The third-order valence-electron chi connectivity index (χ3n) is 5.66. The highest BCUT2D eigenvalue weighted by molar-refractivity contribution is 5.90. The Kier molecular flexibility index (Phi) is 4.34. The van der Waals surface area contributed by atoms with Gasteiger partial charge in [0.2, 0.25) is 0 Å². The summed E-state index contributed by atoms with van der Waals surface area (Å²) in [5.74, 6) is 0.367. The van der Waals surface area contributed by atoms with Gasteiger partial charge in [0.15, 0.2) is 0 Å². The zero-order valence-electron chi connectivity index (χ0n) is 15.2. The van der Waals surface area contributed by atoms with Gasteiger partial charge < -0.3 is 0 Å². The molecular weight excluding hydrogens is 312 g/mol. The maximum atomic E-state index is 4.24. The molecule has 0 nitrogen and oxygen atoms in total. The summed E-state index contributed by atoms with van der Waals surface area (Å²) < 4.78 is 0. The predicted octanol–water partition coefficient (Wildman–Crippen LogP) is 6.63. The van der Waals surface area contributed by atoms with Crippen molar-refractivity contribution in [3.8, 4) is 0 Å². The average molecular weight is 336 g/mol. The molecule has 128 valence electrons. The van der Waals surface area contributed by atoms with Crippen LogP contribution in [0.3, 0.4) is 0 Å². The summed E-state index contributed by atoms with van der Waals surface area (Å²) in [7, 11) is 0. The standard InChI is InChI=1S/C26H24/c1-3-13-22-23-18-11-12-19-25(23)26(24(22)4-2,20-14-7-5-8-15-20)21-16-9-6-10-17-21/h3-16,18-19,21H,2,17H2,1H3/b13-3-. The lowest BCUT2D eigenvalue weighted by molar-refractivity contribution is 0.454. The van der Waals surface area contributed by atoms with Crippen molar-refractivity contribution in [1.29, 1.82) is 0 Å². The second-order valence-corrected chi connectivity index (χ2v) is 6.91. The van der Waals surface area contributed by atoms with Crippen molar-refractivity contribution < 1.29 is 0 Å². The third kappa shape index (κ3) is 2.29. The summed E-state index contributed by atoms with van der Waals surface area (Å²) in [6.45, 7) is 6.33. The minimum atomic E-state index is -0.199. The molecule has 0 amide bonds. The van der Waals surface area contributed by atoms with Gasteiger partial charge in [-0.3, -0.25) is 0 Å². The topological polar surface area (TPSA) is 0 Å². The Balaban J connectivity index is 2.11. The van der Waals surface area contributed by atoms with E-state index in [1.165, 1.54) is 27.8 Å². The first kappa shape index (κ1) is 16.6. The van der Waals surface area contributed by atoms with Crippen molar-refractivity contribution in [1.82, 2.24) is 0 Å². The Hall–Kier alpha value is -2.86. The molecule has 0 heterocycles. The van der Waals surface area contributed by atoms with Gasteiger partial charge in [0, 0.05) is 0 Å². The number of benzene rings is 2. The predicted molar refractivity (Wildman–Crippen MR) is 112 cm³/mol. The van der Waals surface area contributed by atoms with Crippen molar-refractivity contribution >= 4 is 5.57 Å². The molecule has 0 fully saturated rings. The van der Waals surface area contributed by atoms with Gasteiger partial charge in [-0.25, -0.2) is 0 Å². The SMILES string of the molecule is C=CC1=C(/C=C\C)c2ccccc2C1(c1ccccc1)C1C=CC=CC1. The summed E-state index contributed by atoms with van der Waals surface area (Å²) >= 11 is 0. The van der Waals surface area contributed by atoms with Crippen molar-refractivity contribution in [2.75, 3.05) is 0 Å². The molecule has 2 aromatic rings. The zero-order valence-corrected chi connectivity index (χ0v) is 15.2. The summed E-state index contributed by atoms with van der Waals surface area (Å²) in [4.78, 5) is 0. The monoisotopic (exact) mass is 336 g/mol. The quantitative estimate of drug-likeness (QED) is 0.587. The summed E-state index contributed by atoms with van der Waals surface area (Å²) in [6, 6.07) is 19.8. The lowest BCUT2D eigenvalue weighted by atomic mass is 9.61. The van der Waals surface area contributed by atoms with E-state index in [4.69, 9.17) is 0 Å². The third-order valence-corrected chi connectivity index (χ3v) is 5.66. The Morgan fingerprint density at radius 2 is 1.77 bits per heavy atom. The van der Waals surface area contributed by atoms with Crippen LogP contribution in [0.2, 0.25) is 0 Å². The minimum absolute atomic E-state index is 0.199. The Morgan fingerprint density at radius 1 is 1.00 bits per heavy atom. The van der Waals surface area contributed by atoms with Crippen LogP contribution in [0.25, 0.3) is 5.57 Å². The number of hydrogen-bond acceptors (Lipinski definition) is 0. The van der Waals surface area contributed by atoms with Gasteiger partial charge in [-0.2, -0.15) is 0 Å². The Morgan fingerprint density at radius 3 is 2.46 bits per heavy atom. The highest BCUT2D eigenvalue weighted by atomic mass is 14.5. The van der Waals surface area contributed by atoms with Gasteiger partial charge in [-0.05, 0) is 47.1 Å². The van der Waals surface area contributed by atoms with E-state index in [2.05, 4.69) is 111 Å². The molecule has 2 unspecified atom stereocenters. The fourth-order valence-corrected chi connectivity index (χ4v) is 4.71. The first-order valence-corrected chi connectivity index (χ1v) is 9.32. The fourth-order valence-electron chi connectivity index (χ4n) is 4.71. The largest absolute Gasteiger partial charge is 0.0987 e. The molecule has 2 aromatic carbocycles. The molecule has 0 spiro atoms. The van der Waals surface area contributed by atoms with Crippen LogP contribution in [0.4, 0.5) is 0 Å². The molecule has 2 atom stereocenters. The van der Waals surface area contributed by atoms with Crippen molar-refractivity contribution in [2.24, 2.45) is 5.92 Å². The van der Waals surface area contributed by atoms with Crippen molar-refractivity contribution in [3.63, 3.8) is 0 Å². The molecule has 2 aliphatic rings. The molecule has 0 N–H and O–H groups in total. The molecular formula is C26H24. The number of hydrogen-bond donors (Lipinski definition) is 0. The summed E-state index contributed by atoms with van der Waals surface area (Å²) in [5.41, 5.74) is 6.46. The van der Waals surface area contributed by atoms with Crippen LogP contribution in [-0.2, 0) is 5.41 Å². The highest BCUT2D eigenvalue weighted by Crippen LogP contribution is 2.56. The lowest BCUT2D eigenvalue weighted by Crippen LogP contribution is -2.36. The van der Waals surface area contributed by atoms with E-state index < -0.39 is 0 Å². The minimum Gasteiger partial charge on any atom is -0.0987 e. The molecule has 0 saturated heterocycles. The molecule has 0 heteroatoms. The van der Waals surface area contributed by atoms with E-state index in [1.807, 2.05) is 0 Å². The van der Waals surface area contributed by atoms with Crippen LogP contribution >= 0.6 is 0 Å². The maximum Gasteiger partial charge on any atom is 0.0528 e. The molecule has 0 bridgehead atoms. The second kappa shape index (κ2) is 6.80. The Labute approximate surface area is 156 Å². The number of rotatable bonds is 4. The Bertz CT molecular complexity index is 937. The zero-order chi connectivity index (χ0) is 18.0. The van der Waals surface area contributed by atoms with Crippen LogP contribution in [-0.4, -0.2) is 0 Å². The van der Waals surface area contributed by atoms with Gasteiger partial charge in [0.1, 0.15) is 0 Å². The summed E-state index contributed by atoms with van der Waals surface area (Å²) in [6.07, 6.45) is 16.5. The first-order chi connectivity index (χ1) is 12.8. The fraction of sp³-hybridized carbons (Fsp3) is 0.154. The number of allylic oxidation sites excluding steroid dienone is 9. The van der Waals surface area contributed by atoms with E-state index in [-0.39, 0.29) is 5.41 Å². The molecule has 26 heavy (non-hydrogen) atoms. The first-order valence-electron chi connectivity index (χ1n) is 9.32. The van der Waals surface area contributed by atoms with E-state index in [0.29, 0.717) is 5.92 Å². The smallest absolute Gasteiger partial charge is 0.0528 e. The molecule has 4 rings (SSSR count). The second-order valence-electron chi connectivity index (χ2n) is 6.91. The average Bonchev–Trinajstić information content (AvgIpc) is 3.00. The normalized spacial score (nSPS) is 24.3. The van der Waals surface area contributed by atoms with Crippen LogP contribution in [0.15, 0.2) is 109 Å². The van der Waals surface area contributed by atoms with E-state index in [0.717, 1.165) is 6.42 Å². The van der Waals surface area contributed by atoms with Crippen molar-refractivity contribution in [2.45, 2.75) is 18.8 Å². The van der Waals surface area contributed by atoms with Crippen LogP contribution in [0.1, 0.15) is 30.0 Å². The van der Waals surface area contributed by atoms with Crippen LogP contribution < -0.4 is 0 Å². The maximum absolute atomic E-state index is 4.24. The molecule has 2 aliphatic carbocycles. The molecule has 0 radical (unpaired) electrons. The van der Waals surface area contributed by atoms with E-state index in [9.17, 15) is 0 Å². The highest BCUT2D eigenvalue weighted by Gasteiger charge is 2.48.